The molecule has 0 unspecified atom stereocenters. The molecule has 130 valence electrons. The molecule has 0 saturated heterocycles. The molecule has 0 aliphatic rings. The van der Waals surface area contributed by atoms with Crippen molar-refractivity contribution >= 4 is 10.8 Å². The maximum absolute atomic E-state index is 6.12. The molecule has 3 rings (SSSR count). The van der Waals surface area contributed by atoms with Gasteiger partial charge in [0.25, 0.3) is 0 Å². The van der Waals surface area contributed by atoms with E-state index < -0.39 is 0 Å². The van der Waals surface area contributed by atoms with Crippen LogP contribution in [0, 0.1) is 20.8 Å². The summed E-state index contributed by atoms with van der Waals surface area (Å²) >= 11 is 0. The summed E-state index contributed by atoms with van der Waals surface area (Å²) in [5.74, 6) is 0.635. The lowest BCUT2D eigenvalue weighted by Crippen LogP contribution is -2.15. The second-order valence-electron chi connectivity index (χ2n) is 6.73. The Kier molecular flexibility index (Phi) is 5.03. The van der Waals surface area contributed by atoms with Crippen molar-refractivity contribution in [2.45, 2.75) is 53.6 Å². The quantitative estimate of drug-likeness (QED) is 0.592. The summed E-state index contributed by atoms with van der Waals surface area (Å²) < 4.78 is 6.12. The summed E-state index contributed by atoms with van der Waals surface area (Å²) in [6.07, 6.45) is 2.10. The summed E-state index contributed by atoms with van der Waals surface area (Å²) in [5, 5.41) is 11.1. The lowest BCUT2D eigenvalue weighted by molar-refractivity contribution is 0.186. The molecule has 0 saturated carbocycles. The molecular weight excluding hydrogens is 308 g/mol. The van der Waals surface area contributed by atoms with Crippen LogP contribution < -0.4 is 4.74 Å². The molecule has 0 N–H and O–H groups in total. The Labute approximate surface area is 150 Å². The maximum atomic E-state index is 6.12. The van der Waals surface area contributed by atoms with Crippen LogP contribution in [0.3, 0.4) is 0 Å². The van der Waals surface area contributed by atoms with Gasteiger partial charge in [0.05, 0.1) is 0 Å². The van der Waals surface area contributed by atoms with Gasteiger partial charge in [-0.05, 0) is 50.8 Å². The predicted octanol–water partition coefficient (Wildman–Crippen LogP) is 5.79. The number of benzene rings is 2. The Hall–Kier alpha value is -2.42. The highest BCUT2D eigenvalue weighted by Crippen LogP contribution is 2.35. The first kappa shape index (κ1) is 17.4. The number of fused-ring (bicyclic) bond motifs is 1. The minimum absolute atomic E-state index is 0.173. The molecule has 3 aromatic rings. The van der Waals surface area contributed by atoms with Crippen molar-refractivity contribution in [2.24, 2.45) is 0 Å². The largest absolute Gasteiger partial charge is 0.473 e. The molecule has 0 spiro atoms. The van der Waals surface area contributed by atoms with Gasteiger partial charge in [0.15, 0.2) is 0 Å². The monoisotopic (exact) mass is 334 g/mol. The van der Waals surface area contributed by atoms with Crippen molar-refractivity contribution in [3.8, 4) is 17.1 Å². The second kappa shape index (κ2) is 7.22. The highest BCUT2D eigenvalue weighted by atomic mass is 16.5. The zero-order valence-electron chi connectivity index (χ0n) is 15.8. The number of nitrogens with zero attached hydrogens (tertiary/aromatic N) is 2. The van der Waals surface area contributed by atoms with Crippen LogP contribution in [0.4, 0.5) is 0 Å². The highest BCUT2D eigenvalue weighted by molar-refractivity contribution is 5.98. The van der Waals surface area contributed by atoms with Gasteiger partial charge in [-0.3, -0.25) is 0 Å². The fraction of sp³-hybridized carbons (Fsp3) is 0.364. The van der Waals surface area contributed by atoms with E-state index in [0.717, 1.165) is 29.3 Å². The third-order valence-corrected chi connectivity index (χ3v) is 4.76. The fourth-order valence-electron chi connectivity index (χ4n) is 3.52. The number of aryl methyl sites for hydroxylation is 3. The van der Waals surface area contributed by atoms with Crippen molar-refractivity contribution < 1.29 is 4.74 Å². The standard InChI is InChI=1S/C22H26N2O/c1-6-17(7-2)25-22-19-11-9-8-10-18(19)21(23-24-22)20-15(4)12-14(3)13-16(20)5/h8-13,17H,6-7H2,1-5H3. The number of aromatic nitrogens is 2. The third-order valence-electron chi connectivity index (χ3n) is 4.76. The lowest BCUT2D eigenvalue weighted by Gasteiger charge is -2.18. The van der Waals surface area contributed by atoms with Crippen molar-refractivity contribution in [1.29, 1.82) is 0 Å². The van der Waals surface area contributed by atoms with E-state index in [1.165, 1.54) is 22.3 Å². The first-order valence-electron chi connectivity index (χ1n) is 9.05. The van der Waals surface area contributed by atoms with E-state index in [1.54, 1.807) is 0 Å². The first-order valence-corrected chi connectivity index (χ1v) is 9.05. The van der Waals surface area contributed by atoms with Gasteiger partial charge in [-0.15, -0.1) is 10.2 Å². The van der Waals surface area contributed by atoms with E-state index >= 15 is 0 Å². The van der Waals surface area contributed by atoms with E-state index in [9.17, 15) is 0 Å². The van der Waals surface area contributed by atoms with Crippen LogP contribution >= 0.6 is 0 Å². The van der Waals surface area contributed by atoms with Gasteiger partial charge in [-0.1, -0.05) is 49.7 Å². The van der Waals surface area contributed by atoms with E-state index in [0.29, 0.717) is 5.88 Å². The molecule has 25 heavy (non-hydrogen) atoms. The van der Waals surface area contributed by atoms with Gasteiger partial charge in [0.2, 0.25) is 5.88 Å². The molecule has 1 aromatic heterocycles. The molecule has 0 fully saturated rings. The molecule has 0 aliphatic heterocycles. The minimum atomic E-state index is 0.173. The van der Waals surface area contributed by atoms with Gasteiger partial charge >= 0.3 is 0 Å². The molecule has 3 nitrogen and oxygen atoms in total. The van der Waals surface area contributed by atoms with Gasteiger partial charge in [-0.25, -0.2) is 0 Å². The topological polar surface area (TPSA) is 35.0 Å². The smallest absolute Gasteiger partial charge is 0.241 e. The fourth-order valence-corrected chi connectivity index (χ4v) is 3.52. The van der Waals surface area contributed by atoms with Crippen LogP contribution in [0.2, 0.25) is 0 Å². The number of ether oxygens (including phenoxy) is 1. The van der Waals surface area contributed by atoms with Gasteiger partial charge in [-0.2, -0.15) is 0 Å². The zero-order chi connectivity index (χ0) is 18.0. The molecular formula is C22H26N2O. The molecule has 3 heteroatoms. The van der Waals surface area contributed by atoms with Crippen LogP contribution in [0.15, 0.2) is 36.4 Å². The van der Waals surface area contributed by atoms with Crippen molar-refractivity contribution in [3.63, 3.8) is 0 Å². The number of hydrogen-bond donors (Lipinski definition) is 0. The summed E-state index contributed by atoms with van der Waals surface area (Å²) in [7, 11) is 0. The minimum Gasteiger partial charge on any atom is -0.473 e. The SMILES string of the molecule is CCC(CC)Oc1nnc(-c2c(C)cc(C)cc2C)c2ccccc12. The number of rotatable bonds is 5. The highest BCUT2D eigenvalue weighted by Gasteiger charge is 2.17. The van der Waals surface area contributed by atoms with Crippen LogP contribution in [-0.4, -0.2) is 16.3 Å². The molecule has 0 atom stereocenters. The van der Waals surface area contributed by atoms with E-state index in [4.69, 9.17) is 4.74 Å². The summed E-state index contributed by atoms with van der Waals surface area (Å²) in [6, 6.07) is 12.7. The third kappa shape index (κ3) is 3.37. The van der Waals surface area contributed by atoms with Crippen LogP contribution in [0.5, 0.6) is 5.88 Å². The summed E-state index contributed by atoms with van der Waals surface area (Å²) in [5.41, 5.74) is 5.83. The Balaban J connectivity index is 2.20. The molecule has 0 aliphatic carbocycles. The Morgan fingerprint density at radius 1 is 0.880 bits per heavy atom. The lowest BCUT2D eigenvalue weighted by atomic mass is 9.94. The molecule has 0 amide bonds. The Morgan fingerprint density at radius 3 is 2.08 bits per heavy atom. The van der Waals surface area contributed by atoms with Crippen molar-refractivity contribution in [1.82, 2.24) is 10.2 Å². The molecule has 1 heterocycles. The van der Waals surface area contributed by atoms with Gasteiger partial charge in [0.1, 0.15) is 11.8 Å². The Morgan fingerprint density at radius 2 is 1.48 bits per heavy atom. The van der Waals surface area contributed by atoms with Crippen LogP contribution in [0.1, 0.15) is 43.4 Å². The predicted molar refractivity (Wildman–Crippen MR) is 104 cm³/mol. The summed E-state index contributed by atoms with van der Waals surface area (Å²) in [6.45, 7) is 10.7. The van der Waals surface area contributed by atoms with Gasteiger partial charge < -0.3 is 4.74 Å². The average Bonchev–Trinajstić information content (AvgIpc) is 2.60. The van der Waals surface area contributed by atoms with Crippen LogP contribution in [-0.2, 0) is 0 Å². The Bertz CT molecular complexity index is 875. The van der Waals surface area contributed by atoms with E-state index in [1.807, 2.05) is 12.1 Å². The molecule has 0 bridgehead atoms. The van der Waals surface area contributed by atoms with Crippen molar-refractivity contribution in [3.05, 3.63) is 53.1 Å². The van der Waals surface area contributed by atoms with E-state index in [2.05, 4.69) is 69.1 Å². The van der Waals surface area contributed by atoms with Crippen molar-refractivity contribution in [2.75, 3.05) is 0 Å². The second-order valence-corrected chi connectivity index (χ2v) is 6.73. The van der Waals surface area contributed by atoms with E-state index in [-0.39, 0.29) is 6.10 Å². The maximum Gasteiger partial charge on any atom is 0.241 e. The van der Waals surface area contributed by atoms with Crippen LogP contribution in [0.25, 0.3) is 22.0 Å². The molecule has 2 aromatic carbocycles. The molecule has 0 radical (unpaired) electrons. The summed E-state index contributed by atoms with van der Waals surface area (Å²) in [4.78, 5) is 0. The normalized spacial score (nSPS) is 11.3. The zero-order valence-corrected chi connectivity index (χ0v) is 15.8. The van der Waals surface area contributed by atoms with Gasteiger partial charge in [0, 0.05) is 16.3 Å². The first-order chi connectivity index (χ1) is 12.0. The number of hydrogen-bond acceptors (Lipinski definition) is 3. The average molecular weight is 334 g/mol.